The Morgan fingerprint density at radius 2 is 1.97 bits per heavy atom. The summed E-state index contributed by atoms with van der Waals surface area (Å²) < 4.78 is 0. The average Bonchev–Trinajstić information content (AvgIpc) is 2.79. The average molecular weight is 399 g/mol. The lowest BCUT2D eigenvalue weighted by molar-refractivity contribution is -0.132. The summed E-state index contributed by atoms with van der Waals surface area (Å²) in [5, 5.41) is 4.21. The monoisotopic (exact) mass is 399 g/mol. The molecule has 4 rings (SSSR count). The second-order valence-electron chi connectivity index (χ2n) is 7.42. The fourth-order valence-electron chi connectivity index (χ4n) is 3.74. The van der Waals surface area contributed by atoms with Gasteiger partial charge in [-0.15, -0.1) is 6.42 Å². The zero-order chi connectivity index (χ0) is 20.9. The number of anilines is 2. The van der Waals surface area contributed by atoms with Crippen LogP contribution < -0.4 is 5.32 Å². The second kappa shape index (κ2) is 8.93. The van der Waals surface area contributed by atoms with Crippen LogP contribution in [0.25, 0.3) is 10.9 Å². The highest BCUT2D eigenvalue weighted by Crippen LogP contribution is 2.25. The van der Waals surface area contributed by atoms with E-state index in [1.165, 1.54) is 6.33 Å². The summed E-state index contributed by atoms with van der Waals surface area (Å²) >= 11 is 0. The van der Waals surface area contributed by atoms with Crippen molar-refractivity contribution in [3.63, 3.8) is 0 Å². The molecular weight excluding hydrogens is 374 g/mol. The fourth-order valence-corrected chi connectivity index (χ4v) is 3.74. The molecule has 1 saturated heterocycles. The first-order valence-electron chi connectivity index (χ1n) is 10.2. The van der Waals surface area contributed by atoms with Gasteiger partial charge >= 0.3 is 0 Å². The van der Waals surface area contributed by atoms with E-state index in [1.807, 2.05) is 47.4 Å². The summed E-state index contributed by atoms with van der Waals surface area (Å²) in [6.07, 6.45) is 7.42. The number of amides is 1. The van der Waals surface area contributed by atoms with Crippen LogP contribution in [0.4, 0.5) is 11.5 Å². The smallest absolute Gasteiger partial charge is 0.227 e. The lowest BCUT2D eigenvalue weighted by Crippen LogP contribution is -2.48. The molecule has 0 unspecified atom stereocenters. The number of rotatable bonds is 5. The van der Waals surface area contributed by atoms with Crippen molar-refractivity contribution in [3.05, 3.63) is 59.9 Å². The number of hydrogen-bond acceptors (Lipinski definition) is 5. The van der Waals surface area contributed by atoms with Crippen LogP contribution in [-0.2, 0) is 11.2 Å². The molecule has 1 N–H and O–H groups in total. The molecule has 0 atom stereocenters. The molecule has 1 aromatic heterocycles. The maximum Gasteiger partial charge on any atom is 0.227 e. The van der Waals surface area contributed by atoms with Crippen LogP contribution in [0.15, 0.2) is 48.8 Å². The maximum absolute atomic E-state index is 12.8. The van der Waals surface area contributed by atoms with Gasteiger partial charge in [0.2, 0.25) is 5.91 Å². The SMILES string of the molecule is C#Cc1cccc(Nc2ncnc3ccc(CC(=O)N4CCN(CC)CC4)cc23)c1. The molecule has 6 nitrogen and oxygen atoms in total. The topological polar surface area (TPSA) is 61.4 Å². The van der Waals surface area contributed by atoms with Crippen LogP contribution in [0.2, 0.25) is 0 Å². The molecular formula is C24H25N5O. The molecule has 2 aromatic carbocycles. The van der Waals surface area contributed by atoms with Gasteiger partial charge in [0.25, 0.3) is 0 Å². The number of hydrogen-bond donors (Lipinski definition) is 1. The Morgan fingerprint density at radius 1 is 1.13 bits per heavy atom. The summed E-state index contributed by atoms with van der Waals surface area (Å²) in [6, 6.07) is 13.5. The largest absolute Gasteiger partial charge is 0.340 e. The van der Waals surface area contributed by atoms with E-state index in [0.29, 0.717) is 12.2 Å². The predicted molar refractivity (Wildman–Crippen MR) is 120 cm³/mol. The number of carbonyl (C=O) groups is 1. The number of nitrogens with zero attached hydrogens (tertiary/aromatic N) is 4. The summed E-state index contributed by atoms with van der Waals surface area (Å²) in [7, 11) is 0. The van der Waals surface area contributed by atoms with Crippen molar-refractivity contribution < 1.29 is 4.79 Å². The van der Waals surface area contributed by atoms with Gasteiger partial charge in [-0.3, -0.25) is 4.79 Å². The molecule has 0 aliphatic carbocycles. The highest BCUT2D eigenvalue weighted by molar-refractivity contribution is 5.92. The molecule has 1 fully saturated rings. The van der Waals surface area contributed by atoms with Crippen molar-refractivity contribution in [2.45, 2.75) is 13.3 Å². The summed E-state index contributed by atoms with van der Waals surface area (Å²) in [5.41, 5.74) is 3.45. The molecule has 0 bridgehead atoms. The van der Waals surface area contributed by atoms with E-state index >= 15 is 0 Å². The van der Waals surface area contributed by atoms with Gasteiger partial charge < -0.3 is 15.1 Å². The molecule has 1 amide bonds. The third kappa shape index (κ3) is 4.42. The minimum absolute atomic E-state index is 0.165. The lowest BCUT2D eigenvalue weighted by atomic mass is 10.1. The molecule has 6 heteroatoms. The Morgan fingerprint density at radius 3 is 2.73 bits per heavy atom. The summed E-state index contributed by atoms with van der Waals surface area (Å²) in [6.45, 7) is 6.66. The van der Waals surface area contributed by atoms with Crippen molar-refractivity contribution in [2.24, 2.45) is 0 Å². The fraction of sp³-hybridized carbons (Fsp3) is 0.292. The number of fused-ring (bicyclic) bond motifs is 1. The number of terminal acetylenes is 1. The number of likely N-dealkylation sites (N-methyl/N-ethyl adjacent to an activating group) is 1. The Labute approximate surface area is 176 Å². The number of aromatic nitrogens is 2. The minimum atomic E-state index is 0.165. The number of carbonyl (C=O) groups excluding carboxylic acids is 1. The van der Waals surface area contributed by atoms with Crippen molar-refractivity contribution in [1.82, 2.24) is 19.8 Å². The molecule has 0 spiro atoms. The zero-order valence-electron chi connectivity index (χ0n) is 17.1. The van der Waals surface area contributed by atoms with Crippen molar-refractivity contribution in [1.29, 1.82) is 0 Å². The standard InChI is InChI=1S/C24H25N5O/c1-3-18-6-5-7-20(14-18)27-24-21-15-19(8-9-22(21)25-17-26-24)16-23(30)29-12-10-28(4-2)11-13-29/h1,5-9,14-15,17H,4,10-13,16H2,2H3,(H,25,26,27). The van der Waals surface area contributed by atoms with E-state index in [-0.39, 0.29) is 5.91 Å². The zero-order valence-corrected chi connectivity index (χ0v) is 17.1. The van der Waals surface area contributed by atoms with Crippen LogP contribution >= 0.6 is 0 Å². The normalized spacial score (nSPS) is 14.5. The molecule has 1 aliphatic rings. The van der Waals surface area contributed by atoms with Crippen LogP contribution in [0.1, 0.15) is 18.1 Å². The van der Waals surface area contributed by atoms with E-state index in [9.17, 15) is 4.79 Å². The number of nitrogens with one attached hydrogen (secondary N) is 1. The number of piperazine rings is 1. The molecule has 0 saturated carbocycles. The Balaban J connectivity index is 1.54. The van der Waals surface area contributed by atoms with Crippen LogP contribution in [0.5, 0.6) is 0 Å². The van der Waals surface area contributed by atoms with Gasteiger partial charge in [-0.05, 0) is 42.4 Å². The van der Waals surface area contributed by atoms with Crippen LogP contribution in [0.3, 0.4) is 0 Å². The van der Waals surface area contributed by atoms with Crippen LogP contribution in [0, 0.1) is 12.3 Å². The van der Waals surface area contributed by atoms with Gasteiger partial charge in [0, 0.05) is 42.8 Å². The van der Waals surface area contributed by atoms with E-state index in [0.717, 1.165) is 60.4 Å². The van der Waals surface area contributed by atoms with Gasteiger partial charge in [0.1, 0.15) is 12.1 Å². The number of benzene rings is 2. The van der Waals surface area contributed by atoms with Gasteiger partial charge in [-0.2, -0.15) is 0 Å². The molecule has 1 aliphatic heterocycles. The Bertz CT molecular complexity index is 1100. The Kier molecular flexibility index (Phi) is 5.92. The van der Waals surface area contributed by atoms with Gasteiger partial charge in [0.15, 0.2) is 0 Å². The third-order valence-electron chi connectivity index (χ3n) is 5.52. The molecule has 3 aromatic rings. The first-order chi connectivity index (χ1) is 14.7. The van der Waals surface area contributed by atoms with Crippen molar-refractivity contribution >= 4 is 28.3 Å². The first-order valence-corrected chi connectivity index (χ1v) is 10.2. The van der Waals surface area contributed by atoms with E-state index in [2.05, 4.69) is 33.0 Å². The van der Waals surface area contributed by atoms with E-state index in [1.54, 1.807) is 0 Å². The molecule has 152 valence electrons. The highest BCUT2D eigenvalue weighted by Gasteiger charge is 2.20. The third-order valence-corrected chi connectivity index (χ3v) is 5.52. The molecule has 2 heterocycles. The maximum atomic E-state index is 12.8. The van der Waals surface area contributed by atoms with Crippen LogP contribution in [-0.4, -0.2) is 58.4 Å². The quantitative estimate of drug-likeness (QED) is 0.668. The Hall–Kier alpha value is -3.43. The molecule has 30 heavy (non-hydrogen) atoms. The highest BCUT2D eigenvalue weighted by atomic mass is 16.2. The predicted octanol–water partition coefficient (Wildman–Crippen LogP) is 3.06. The molecule has 0 radical (unpaired) electrons. The van der Waals surface area contributed by atoms with Gasteiger partial charge in [-0.1, -0.05) is 25.0 Å². The van der Waals surface area contributed by atoms with E-state index < -0.39 is 0 Å². The minimum Gasteiger partial charge on any atom is -0.340 e. The van der Waals surface area contributed by atoms with E-state index in [4.69, 9.17) is 6.42 Å². The van der Waals surface area contributed by atoms with Gasteiger partial charge in [0.05, 0.1) is 11.9 Å². The van der Waals surface area contributed by atoms with Crippen molar-refractivity contribution in [2.75, 3.05) is 38.0 Å². The van der Waals surface area contributed by atoms with Gasteiger partial charge in [-0.25, -0.2) is 9.97 Å². The van der Waals surface area contributed by atoms with Crippen molar-refractivity contribution in [3.8, 4) is 12.3 Å². The summed E-state index contributed by atoms with van der Waals surface area (Å²) in [5.74, 6) is 3.50. The lowest BCUT2D eigenvalue weighted by Gasteiger charge is -2.34. The first kappa shape index (κ1) is 19.9. The second-order valence-corrected chi connectivity index (χ2v) is 7.42. The summed E-state index contributed by atoms with van der Waals surface area (Å²) in [4.78, 5) is 25.9.